The van der Waals surface area contributed by atoms with Gasteiger partial charge in [0, 0.05) is 37.8 Å². The van der Waals surface area contributed by atoms with E-state index in [0.29, 0.717) is 48.6 Å². The van der Waals surface area contributed by atoms with E-state index in [0.717, 1.165) is 25.2 Å². The summed E-state index contributed by atoms with van der Waals surface area (Å²) in [6.07, 6.45) is 1.33. The van der Waals surface area contributed by atoms with E-state index in [9.17, 15) is 18.0 Å². The summed E-state index contributed by atoms with van der Waals surface area (Å²) in [4.78, 5) is 34.0. The summed E-state index contributed by atoms with van der Waals surface area (Å²) >= 11 is 0. The Hall–Kier alpha value is -3.31. The zero-order valence-corrected chi connectivity index (χ0v) is 17.2. The largest absolute Gasteiger partial charge is 0.471 e. The second-order valence-electron chi connectivity index (χ2n) is 7.91. The molecule has 2 aliphatic rings. The molecule has 5 rings (SSSR count). The first-order valence-corrected chi connectivity index (χ1v) is 10.4. The zero-order chi connectivity index (χ0) is 22.5. The highest BCUT2D eigenvalue weighted by Crippen LogP contribution is 2.33. The van der Waals surface area contributed by atoms with Crippen LogP contribution in [0.2, 0.25) is 0 Å². The molecule has 1 amide bonds. The topological polar surface area (TPSA) is 98.9 Å². The van der Waals surface area contributed by atoms with Crippen molar-refractivity contribution in [3.63, 3.8) is 0 Å². The van der Waals surface area contributed by atoms with E-state index in [1.54, 1.807) is 4.57 Å². The van der Waals surface area contributed by atoms with Crippen LogP contribution in [0.5, 0.6) is 5.88 Å². The van der Waals surface area contributed by atoms with E-state index >= 15 is 0 Å². The minimum atomic E-state index is -4.62. The third kappa shape index (κ3) is 3.73. The number of hydrogen-bond acceptors (Lipinski definition) is 7. The number of rotatable bonds is 5. The van der Waals surface area contributed by atoms with E-state index in [1.165, 1.54) is 6.33 Å². The van der Waals surface area contributed by atoms with Gasteiger partial charge in [0.2, 0.25) is 17.6 Å². The second-order valence-corrected chi connectivity index (χ2v) is 7.91. The number of nitrogens with zero attached hydrogens (tertiary/aromatic N) is 7. The van der Waals surface area contributed by atoms with Gasteiger partial charge in [-0.3, -0.25) is 4.79 Å². The third-order valence-electron chi connectivity index (χ3n) is 5.64. The van der Waals surface area contributed by atoms with E-state index in [1.807, 2.05) is 11.8 Å². The van der Waals surface area contributed by atoms with Crippen LogP contribution in [0.3, 0.4) is 0 Å². The van der Waals surface area contributed by atoms with Gasteiger partial charge in [-0.2, -0.15) is 18.2 Å². The van der Waals surface area contributed by atoms with Crippen LogP contribution in [0.15, 0.2) is 18.7 Å². The Kier molecular flexibility index (Phi) is 4.94. The van der Waals surface area contributed by atoms with Crippen LogP contribution in [0.4, 0.5) is 13.2 Å². The molecule has 1 atom stereocenters. The Morgan fingerprint density at radius 1 is 1.16 bits per heavy atom. The number of halogens is 3. The number of amides is 1. The lowest BCUT2D eigenvalue weighted by Crippen LogP contribution is -2.32. The van der Waals surface area contributed by atoms with Gasteiger partial charge in [0.25, 0.3) is 0 Å². The summed E-state index contributed by atoms with van der Waals surface area (Å²) in [5, 5.41) is 0. The predicted octanol–water partition coefficient (Wildman–Crippen LogP) is 2.71. The summed E-state index contributed by atoms with van der Waals surface area (Å²) in [5.74, 6) is -0.214. The number of aryl methyl sites for hydroxylation is 1. The lowest BCUT2D eigenvalue weighted by atomic mass is 10.3. The molecule has 0 spiro atoms. The molecular weight excluding hydrogens is 427 g/mol. The lowest BCUT2D eigenvalue weighted by Gasteiger charge is -2.16. The van der Waals surface area contributed by atoms with Crippen molar-refractivity contribution in [2.24, 2.45) is 5.92 Å². The molecule has 0 bridgehead atoms. The number of hydrogen-bond donors (Lipinski definition) is 0. The molecule has 0 radical (unpaired) electrons. The fourth-order valence-corrected chi connectivity index (χ4v) is 3.88. The Morgan fingerprint density at radius 2 is 1.91 bits per heavy atom. The fourth-order valence-electron chi connectivity index (χ4n) is 3.88. The zero-order valence-electron chi connectivity index (χ0n) is 17.2. The van der Waals surface area contributed by atoms with Gasteiger partial charge in [0.1, 0.15) is 18.3 Å². The maximum absolute atomic E-state index is 12.8. The van der Waals surface area contributed by atoms with Crippen LogP contribution < -0.4 is 4.74 Å². The molecule has 1 unspecified atom stereocenters. The number of alkyl halides is 3. The van der Waals surface area contributed by atoms with Crippen molar-refractivity contribution >= 4 is 17.1 Å². The number of carbonyl (C=O) groups is 1. The van der Waals surface area contributed by atoms with Gasteiger partial charge in [-0.05, 0) is 19.8 Å². The van der Waals surface area contributed by atoms with Gasteiger partial charge < -0.3 is 14.2 Å². The van der Waals surface area contributed by atoms with Crippen LogP contribution in [0.1, 0.15) is 32.0 Å². The second kappa shape index (κ2) is 7.68. The van der Waals surface area contributed by atoms with Crippen molar-refractivity contribution in [1.29, 1.82) is 0 Å². The van der Waals surface area contributed by atoms with Gasteiger partial charge in [0.15, 0.2) is 11.2 Å². The third-order valence-corrected chi connectivity index (χ3v) is 5.64. The number of carbonyl (C=O) groups excluding carboxylic acids is 1. The molecule has 3 aromatic heterocycles. The maximum Gasteiger partial charge on any atom is 0.451 e. The molecule has 4 heterocycles. The highest BCUT2D eigenvalue weighted by Gasteiger charge is 2.37. The van der Waals surface area contributed by atoms with Crippen LogP contribution >= 0.6 is 0 Å². The Bertz CT molecular complexity index is 1160. The molecule has 32 heavy (non-hydrogen) atoms. The minimum Gasteiger partial charge on any atom is -0.471 e. The molecule has 1 aliphatic carbocycles. The summed E-state index contributed by atoms with van der Waals surface area (Å²) in [6.45, 7) is 3.48. The quantitative estimate of drug-likeness (QED) is 0.593. The minimum absolute atomic E-state index is 0.160. The van der Waals surface area contributed by atoms with Crippen LogP contribution in [0.25, 0.3) is 22.6 Å². The molecular formula is C20H20F3N7O2. The lowest BCUT2D eigenvalue weighted by molar-refractivity contribution is -0.145. The highest BCUT2D eigenvalue weighted by atomic mass is 19.4. The average molecular weight is 447 g/mol. The number of fused-ring (bicyclic) bond motifs is 1. The van der Waals surface area contributed by atoms with E-state index < -0.39 is 12.0 Å². The first-order valence-electron chi connectivity index (χ1n) is 10.4. The van der Waals surface area contributed by atoms with E-state index in [-0.39, 0.29) is 23.8 Å². The summed E-state index contributed by atoms with van der Waals surface area (Å²) < 4.78 is 46.2. The molecule has 1 saturated heterocycles. The number of ether oxygens (including phenoxy) is 1. The average Bonchev–Trinajstić information content (AvgIpc) is 3.40. The highest BCUT2D eigenvalue weighted by molar-refractivity contribution is 5.82. The number of aromatic nitrogens is 6. The van der Waals surface area contributed by atoms with Gasteiger partial charge in [-0.1, -0.05) is 0 Å². The van der Waals surface area contributed by atoms with Crippen LogP contribution in [-0.4, -0.2) is 59.5 Å². The first-order chi connectivity index (χ1) is 15.3. The SMILES string of the molecule is CCn1c(-c2cnc(C(F)(F)F)nc2)nc2c(OC3CCN(C(=O)C4CC4)C3)ncnc21. The van der Waals surface area contributed by atoms with Crippen molar-refractivity contribution in [3.05, 3.63) is 24.5 Å². The van der Waals surface area contributed by atoms with Gasteiger partial charge in [0.05, 0.1) is 12.1 Å². The Morgan fingerprint density at radius 3 is 2.56 bits per heavy atom. The Labute approximate surface area is 180 Å². The van der Waals surface area contributed by atoms with E-state index in [2.05, 4.69) is 24.9 Å². The van der Waals surface area contributed by atoms with Crippen LogP contribution in [0, 0.1) is 5.92 Å². The van der Waals surface area contributed by atoms with Gasteiger partial charge >= 0.3 is 6.18 Å². The monoisotopic (exact) mass is 447 g/mol. The number of likely N-dealkylation sites (tertiary alicyclic amines) is 1. The molecule has 0 N–H and O–H groups in total. The number of imidazole rings is 1. The molecule has 1 saturated carbocycles. The Balaban J connectivity index is 1.43. The van der Waals surface area contributed by atoms with Crippen molar-refractivity contribution in [2.45, 2.75) is 45.0 Å². The van der Waals surface area contributed by atoms with E-state index in [4.69, 9.17) is 4.74 Å². The summed E-state index contributed by atoms with van der Waals surface area (Å²) in [5.41, 5.74) is 1.22. The van der Waals surface area contributed by atoms with Crippen molar-refractivity contribution in [1.82, 2.24) is 34.4 Å². The molecule has 0 aromatic carbocycles. The molecule has 9 nitrogen and oxygen atoms in total. The fraction of sp³-hybridized carbons (Fsp3) is 0.500. The predicted molar refractivity (Wildman–Crippen MR) is 105 cm³/mol. The normalized spacial score (nSPS) is 19.0. The standard InChI is InChI=1S/C20H20F3N7O2/c1-2-30-15(12-7-24-19(25-8-12)20(21,22)23)28-14-16(30)26-10-27-17(14)32-13-5-6-29(9-13)18(31)11-3-4-11/h7-8,10-11,13H,2-6,9H2,1H3. The van der Waals surface area contributed by atoms with Crippen molar-refractivity contribution < 1.29 is 22.7 Å². The van der Waals surface area contributed by atoms with Crippen LogP contribution in [-0.2, 0) is 17.5 Å². The molecule has 1 aliphatic heterocycles. The van der Waals surface area contributed by atoms with Gasteiger partial charge in [-0.25, -0.2) is 19.9 Å². The summed E-state index contributed by atoms with van der Waals surface area (Å²) in [7, 11) is 0. The molecule has 168 valence electrons. The maximum atomic E-state index is 12.8. The summed E-state index contributed by atoms with van der Waals surface area (Å²) in [6, 6.07) is 0. The van der Waals surface area contributed by atoms with Crippen molar-refractivity contribution in [2.75, 3.05) is 13.1 Å². The van der Waals surface area contributed by atoms with Gasteiger partial charge in [-0.15, -0.1) is 0 Å². The van der Waals surface area contributed by atoms with Crippen molar-refractivity contribution in [3.8, 4) is 17.3 Å². The molecule has 12 heteroatoms. The molecule has 3 aromatic rings. The molecule has 2 fully saturated rings. The first kappa shape index (κ1) is 20.6. The smallest absolute Gasteiger partial charge is 0.451 e.